The number of Topliss-reactive ketones (excluding diaryl/α,β-unsaturated/α-hetero) is 2. The highest BCUT2D eigenvalue weighted by molar-refractivity contribution is 6.53. The molecule has 4 nitrogen and oxygen atoms in total. The molecule has 2 aromatic carbocycles. The Morgan fingerprint density at radius 3 is 1.32 bits per heavy atom. The topological polar surface area (TPSA) is 52.6 Å². The molecule has 0 bridgehead atoms. The molecule has 0 saturated heterocycles. The van der Waals surface area contributed by atoms with Crippen LogP contribution in [-0.4, -0.2) is 25.8 Å². The highest BCUT2D eigenvalue weighted by Gasteiger charge is 2.31. The molecular formula is C18H18O4. The molecule has 1 aliphatic carbocycles. The number of carbonyl (C=O) groups excluding carboxylic acids is 2. The van der Waals surface area contributed by atoms with E-state index in [0.29, 0.717) is 22.6 Å². The normalized spacial score (nSPS) is 11.8. The maximum absolute atomic E-state index is 12.2. The number of hydrogen-bond acceptors (Lipinski definition) is 4. The summed E-state index contributed by atoms with van der Waals surface area (Å²) in [5.74, 6) is 0.0861. The molecule has 0 unspecified atom stereocenters. The molecule has 0 fully saturated rings. The minimum atomic E-state index is -0.514. The first kappa shape index (κ1) is 15.8. The molecule has 3 rings (SSSR count). The van der Waals surface area contributed by atoms with Gasteiger partial charge < -0.3 is 9.47 Å². The van der Waals surface area contributed by atoms with Crippen LogP contribution in [0.25, 0.3) is 11.1 Å². The molecule has 0 radical (unpaired) electrons. The number of methoxy groups -OCH3 is 2. The van der Waals surface area contributed by atoms with Crippen LogP contribution in [0.5, 0.6) is 11.5 Å². The zero-order valence-corrected chi connectivity index (χ0v) is 13.1. The third-order valence-corrected chi connectivity index (χ3v) is 3.44. The Morgan fingerprint density at radius 2 is 1.00 bits per heavy atom. The first-order chi connectivity index (χ1) is 10.7. The maximum atomic E-state index is 12.2. The summed E-state index contributed by atoms with van der Waals surface area (Å²) in [4.78, 5) is 24.4. The van der Waals surface area contributed by atoms with Gasteiger partial charge in [0.2, 0.25) is 11.6 Å². The fraction of sp³-hybridized carbons (Fsp3) is 0.222. The zero-order chi connectivity index (χ0) is 16.3. The summed E-state index contributed by atoms with van der Waals surface area (Å²) in [7, 11) is 3.05. The lowest BCUT2D eigenvalue weighted by molar-refractivity contribution is 0.0815. The molecule has 1 aliphatic rings. The summed E-state index contributed by atoms with van der Waals surface area (Å²) < 4.78 is 10.2. The smallest absolute Gasteiger partial charge is 0.234 e. The van der Waals surface area contributed by atoms with Gasteiger partial charge in [-0.05, 0) is 47.5 Å². The van der Waals surface area contributed by atoms with E-state index in [1.165, 1.54) is 14.2 Å². The summed E-state index contributed by atoms with van der Waals surface area (Å²) in [6.07, 6.45) is 0. The molecule has 0 heterocycles. The van der Waals surface area contributed by atoms with Crippen LogP contribution in [0.4, 0.5) is 0 Å². The third kappa shape index (κ3) is 2.48. The Balaban J connectivity index is 0.000000847. The Hall–Kier alpha value is -2.62. The largest absolute Gasteiger partial charge is 0.497 e. The van der Waals surface area contributed by atoms with Crippen LogP contribution in [0.15, 0.2) is 36.4 Å². The zero-order valence-electron chi connectivity index (χ0n) is 13.1. The average molecular weight is 298 g/mol. The van der Waals surface area contributed by atoms with E-state index >= 15 is 0 Å². The van der Waals surface area contributed by atoms with Gasteiger partial charge in [-0.3, -0.25) is 9.59 Å². The quantitative estimate of drug-likeness (QED) is 0.792. The van der Waals surface area contributed by atoms with Crippen LogP contribution in [0.1, 0.15) is 34.6 Å². The first-order valence-corrected chi connectivity index (χ1v) is 7.11. The highest BCUT2D eigenvalue weighted by Crippen LogP contribution is 2.36. The summed E-state index contributed by atoms with van der Waals surface area (Å²) in [5, 5.41) is 0. The molecule has 4 heteroatoms. The van der Waals surface area contributed by atoms with E-state index in [4.69, 9.17) is 9.47 Å². The second kappa shape index (κ2) is 6.43. The Labute approximate surface area is 129 Å². The summed E-state index contributed by atoms with van der Waals surface area (Å²) in [6.45, 7) is 4.00. The van der Waals surface area contributed by atoms with Crippen molar-refractivity contribution in [2.45, 2.75) is 13.8 Å². The van der Waals surface area contributed by atoms with Gasteiger partial charge in [0.15, 0.2) is 0 Å². The molecule has 0 aromatic heterocycles. The fourth-order valence-corrected chi connectivity index (χ4v) is 2.39. The van der Waals surface area contributed by atoms with Gasteiger partial charge in [-0.15, -0.1) is 0 Å². The van der Waals surface area contributed by atoms with E-state index in [2.05, 4.69) is 0 Å². The highest BCUT2D eigenvalue weighted by atomic mass is 16.5. The van der Waals surface area contributed by atoms with Crippen LogP contribution in [-0.2, 0) is 0 Å². The second-order valence-corrected chi connectivity index (χ2v) is 4.48. The van der Waals surface area contributed by atoms with E-state index in [0.717, 1.165) is 11.1 Å². The van der Waals surface area contributed by atoms with Gasteiger partial charge in [0.1, 0.15) is 11.5 Å². The Morgan fingerprint density at radius 1 is 0.636 bits per heavy atom. The molecule has 0 N–H and O–H groups in total. The van der Waals surface area contributed by atoms with E-state index in [1.54, 1.807) is 36.4 Å². The standard InChI is InChI=1S/C16H12O4.C2H6/c1-19-9-3-5-11-12-6-4-10(20-2)8-14(12)16(18)15(17)13(11)7-9;1-2/h3-8H,1-2H3;1-2H3. The summed E-state index contributed by atoms with van der Waals surface area (Å²) in [6, 6.07) is 10.3. The lowest BCUT2D eigenvalue weighted by Crippen LogP contribution is -2.21. The van der Waals surface area contributed by atoms with E-state index in [-0.39, 0.29) is 0 Å². The maximum Gasteiger partial charge on any atom is 0.234 e. The van der Waals surface area contributed by atoms with Gasteiger partial charge in [0.05, 0.1) is 14.2 Å². The van der Waals surface area contributed by atoms with Crippen molar-refractivity contribution in [3.8, 4) is 22.6 Å². The Kier molecular flexibility index (Phi) is 4.61. The molecular weight excluding hydrogens is 280 g/mol. The summed E-state index contributed by atoms with van der Waals surface area (Å²) in [5.41, 5.74) is 2.25. The molecule has 0 atom stereocenters. The van der Waals surface area contributed by atoms with E-state index in [1.807, 2.05) is 13.8 Å². The van der Waals surface area contributed by atoms with Crippen LogP contribution >= 0.6 is 0 Å². The number of ketones is 2. The van der Waals surface area contributed by atoms with Crippen LogP contribution in [0.3, 0.4) is 0 Å². The van der Waals surface area contributed by atoms with Gasteiger partial charge in [-0.25, -0.2) is 0 Å². The number of fused-ring (bicyclic) bond motifs is 3. The molecule has 0 spiro atoms. The van der Waals surface area contributed by atoms with E-state index in [9.17, 15) is 9.59 Å². The third-order valence-electron chi connectivity index (χ3n) is 3.44. The molecule has 2 aromatic rings. The lowest BCUT2D eigenvalue weighted by Gasteiger charge is -2.19. The average Bonchev–Trinajstić information content (AvgIpc) is 2.60. The minimum Gasteiger partial charge on any atom is -0.497 e. The predicted molar refractivity (Wildman–Crippen MR) is 85.0 cm³/mol. The van der Waals surface area contributed by atoms with Gasteiger partial charge in [-0.1, -0.05) is 13.8 Å². The molecule has 114 valence electrons. The lowest BCUT2D eigenvalue weighted by atomic mass is 9.84. The SMILES string of the molecule is CC.COc1ccc2c(c1)C(=O)C(=O)c1cc(OC)ccc1-2. The van der Waals surface area contributed by atoms with E-state index < -0.39 is 11.6 Å². The molecule has 0 amide bonds. The molecule has 0 aliphatic heterocycles. The van der Waals surface area contributed by atoms with Crippen molar-refractivity contribution in [2.24, 2.45) is 0 Å². The monoisotopic (exact) mass is 298 g/mol. The van der Waals surface area contributed by atoms with Crippen molar-refractivity contribution in [1.29, 1.82) is 0 Å². The molecule has 22 heavy (non-hydrogen) atoms. The van der Waals surface area contributed by atoms with Crippen molar-refractivity contribution >= 4 is 11.6 Å². The van der Waals surface area contributed by atoms with Gasteiger partial charge in [0.25, 0.3) is 0 Å². The number of ether oxygens (including phenoxy) is 2. The van der Waals surface area contributed by atoms with Crippen molar-refractivity contribution in [3.63, 3.8) is 0 Å². The van der Waals surface area contributed by atoms with Crippen molar-refractivity contribution in [3.05, 3.63) is 47.5 Å². The first-order valence-electron chi connectivity index (χ1n) is 7.11. The van der Waals surface area contributed by atoms with Gasteiger partial charge >= 0.3 is 0 Å². The van der Waals surface area contributed by atoms with Crippen LogP contribution < -0.4 is 9.47 Å². The number of hydrogen-bond donors (Lipinski definition) is 0. The second-order valence-electron chi connectivity index (χ2n) is 4.48. The van der Waals surface area contributed by atoms with Crippen molar-refractivity contribution < 1.29 is 19.1 Å². The van der Waals surface area contributed by atoms with Crippen molar-refractivity contribution in [2.75, 3.05) is 14.2 Å². The van der Waals surface area contributed by atoms with Gasteiger partial charge in [0, 0.05) is 11.1 Å². The number of carbonyl (C=O) groups is 2. The predicted octanol–water partition coefficient (Wildman–Crippen LogP) is 3.78. The van der Waals surface area contributed by atoms with Gasteiger partial charge in [-0.2, -0.15) is 0 Å². The molecule has 0 saturated carbocycles. The summed E-state index contributed by atoms with van der Waals surface area (Å²) >= 11 is 0. The number of benzene rings is 2. The Bertz CT molecular complexity index is 668. The van der Waals surface area contributed by atoms with Crippen molar-refractivity contribution in [1.82, 2.24) is 0 Å². The van der Waals surface area contributed by atoms with Crippen LogP contribution in [0, 0.1) is 0 Å². The fourth-order valence-electron chi connectivity index (χ4n) is 2.39. The number of rotatable bonds is 2. The minimum absolute atomic E-state index is 0.381. The van der Waals surface area contributed by atoms with Crippen LogP contribution in [0.2, 0.25) is 0 Å².